The van der Waals surface area contributed by atoms with Gasteiger partial charge in [-0.05, 0) is 36.2 Å². The van der Waals surface area contributed by atoms with Crippen LogP contribution in [0.1, 0.15) is 21.7 Å². The van der Waals surface area contributed by atoms with Crippen molar-refractivity contribution < 1.29 is 13.9 Å². The van der Waals surface area contributed by atoms with Crippen LogP contribution in [0.2, 0.25) is 5.02 Å². The third-order valence-electron chi connectivity index (χ3n) is 3.57. The number of aryl methyl sites for hydroxylation is 1. The van der Waals surface area contributed by atoms with Gasteiger partial charge in [0.1, 0.15) is 18.7 Å². The molecular weight excluding hydrogens is 356 g/mol. The van der Waals surface area contributed by atoms with Gasteiger partial charge in [-0.2, -0.15) is 0 Å². The van der Waals surface area contributed by atoms with Gasteiger partial charge in [0.05, 0.1) is 0 Å². The van der Waals surface area contributed by atoms with Gasteiger partial charge in [0, 0.05) is 17.3 Å². The van der Waals surface area contributed by atoms with Crippen molar-refractivity contribution in [2.45, 2.75) is 13.5 Å². The first-order valence-electron chi connectivity index (χ1n) is 7.76. The van der Waals surface area contributed by atoms with Gasteiger partial charge in [0.25, 0.3) is 5.91 Å². The Labute approximate surface area is 154 Å². The number of aromatic nitrogens is 1. The monoisotopic (exact) mass is 370 g/mol. The van der Waals surface area contributed by atoms with Crippen LogP contribution in [-0.4, -0.2) is 10.9 Å². The summed E-state index contributed by atoms with van der Waals surface area (Å²) in [5.41, 5.74) is 1.19. The highest BCUT2D eigenvalue weighted by Gasteiger charge is 2.14. The molecule has 0 aliphatic rings. The Morgan fingerprint density at radius 2 is 2.04 bits per heavy atom. The number of hydrogen-bond donors (Lipinski definition) is 1. The molecule has 1 amide bonds. The number of benzene rings is 1. The van der Waals surface area contributed by atoms with E-state index in [2.05, 4.69) is 10.3 Å². The minimum Gasteiger partial charge on any atom is -0.482 e. The quantitative estimate of drug-likeness (QED) is 0.738. The molecule has 3 aromatic rings. The van der Waals surface area contributed by atoms with Crippen molar-refractivity contribution in [1.29, 1.82) is 0 Å². The predicted octanol–water partition coefficient (Wildman–Crippen LogP) is 3.83. The molecule has 6 nitrogen and oxygen atoms in total. The summed E-state index contributed by atoms with van der Waals surface area (Å²) in [6.07, 6.45) is 2.69. The number of amides is 1. The number of ether oxygens (including phenoxy) is 1. The van der Waals surface area contributed by atoms with Gasteiger partial charge < -0.3 is 14.5 Å². The van der Waals surface area contributed by atoms with Crippen molar-refractivity contribution >= 4 is 23.3 Å². The summed E-state index contributed by atoms with van der Waals surface area (Å²) in [4.78, 5) is 28.4. The lowest BCUT2D eigenvalue weighted by Crippen LogP contribution is -2.17. The smallest absolute Gasteiger partial charge is 0.292 e. The highest BCUT2D eigenvalue weighted by molar-refractivity contribution is 6.30. The molecule has 1 aromatic carbocycles. The summed E-state index contributed by atoms with van der Waals surface area (Å²) in [5.74, 6) is -0.263. The van der Waals surface area contributed by atoms with Crippen LogP contribution in [0.5, 0.6) is 5.75 Å². The molecule has 7 heteroatoms. The molecule has 0 fully saturated rings. The molecule has 0 radical (unpaired) electrons. The third-order valence-corrected chi connectivity index (χ3v) is 3.82. The molecule has 1 N–H and O–H groups in total. The molecule has 0 spiro atoms. The van der Waals surface area contributed by atoms with Gasteiger partial charge in [0.15, 0.2) is 5.76 Å². The van der Waals surface area contributed by atoms with Crippen molar-refractivity contribution in [2.24, 2.45) is 0 Å². The molecule has 0 aliphatic heterocycles. The van der Waals surface area contributed by atoms with E-state index in [-0.39, 0.29) is 18.1 Å². The van der Waals surface area contributed by atoms with E-state index in [1.54, 1.807) is 36.5 Å². The third kappa shape index (κ3) is 4.29. The summed E-state index contributed by atoms with van der Waals surface area (Å²) < 4.78 is 10.7. The summed E-state index contributed by atoms with van der Waals surface area (Å²) in [6.45, 7) is 1.99. The largest absolute Gasteiger partial charge is 0.482 e. The van der Waals surface area contributed by atoms with Crippen LogP contribution in [-0.2, 0) is 6.61 Å². The second kappa shape index (κ2) is 7.84. The standard InChI is InChI=1S/C19H15ClN2O4/c1-12-3-2-8-21-18(12)22-19(24)16-9-15(23)17(11-26-16)25-10-13-4-6-14(20)7-5-13/h2-9,11H,10H2,1H3,(H,21,22,24). The molecule has 26 heavy (non-hydrogen) atoms. The Balaban J connectivity index is 1.69. The number of nitrogens with zero attached hydrogens (tertiary/aromatic N) is 1. The van der Waals surface area contributed by atoms with E-state index in [1.165, 1.54) is 0 Å². The number of carbonyl (C=O) groups excluding carboxylic acids is 1. The zero-order chi connectivity index (χ0) is 18.5. The number of rotatable bonds is 5. The lowest BCUT2D eigenvalue weighted by atomic mass is 10.2. The lowest BCUT2D eigenvalue weighted by molar-refractivity contribution is 0.0993. The van der Waals surface area contributed by atoms with E-state index >= 15 is 0 Å². The Morgan fingerprint density at radius 3 is 2.73 bits per heavy atom. The van der Waals surface area contributed by atoms with Gasteiger partial charge in [0.2, 0.25) is 11.2 Å². The molecule has 3 rings (SSSR count). The number of hydrogen-bond acceptors (Lipinski definition) is 5. The van der Waals surface area contributed by atoms with E-state index in [0.29, 0.717) is 10.8 Å². The highest BCUT2D eigenvalue weighted by atomic mass is 35.5. The molecule has 0 saturated carbocycles. The van der Waals surface area contributed by atoms with Crippen molar-refractivity contribution in [3.8, 4) is 5.75 Å². The number of halogens is 1. The van der Waals surface area contributed by atoms with Gasteiger partial charge >= 0.3 is 0 Å². The molecule has 132 valence electrons. The fourth-order valence-electron chi connectivity index (χ4n) is 2.15. The maximum absolute atomic E-state index is 12.2. The van der Waals surface area contributed by atoms with Gasteiger partial charge in [-0.3, -0.25) is 9.59 Å². The first-order chi connectivity index (χ1) is 12.5. The maximum atomic E-state index is 12.2. The van der Waals surface area contributed by atoms with Crippen molar-refractivity contribution in [2.75, 3.05) is 5.32 Å². The van der Waals surface area contributed by atoms with E-state index in [1.807, 2.05) is 13.0 Å². The second-order valence-electron chi connectivity index (χ2n) is 5.51. The van der Waals surface area contributed by atoms with Crippen LogP contribution < -0.4 is 15.5 Å². The lowest BCUT2D eigenvalue weighted by Gasteiger charge is -2.08. The highest BCUT2D eigenvalue weighted by Crippen LogP contribution is 2.14. The first-order valence-corrected chi connectivity index (χ1v) is 8.14. The van der Waals surface area contributed by atoms with Crippen LogP contribution in [0.15, 0.2) is 64.1 Å². The topological polar surface area (TPSA) is 81.4 Å². The molecule has 0 atom stereocenters. The number of pyridine rings is 1. The van der Waals surface area contributed by atoms with Crippen LogP contribution in [0, 0.1) is 6.92 Å². The first kappa shape index (κ1) is 17.7. The predicted molar refractivity (Wildman–Crippen MR) is 97.7 cm³/mol. The molecule has 0 bridgehead atoms. The van der Waals surface area contributed by atoms with Crippen molar-refractivity contribution in [3.63, 3.8) is 0 Å². The Morgan fingerprint density at radius 1 is 1.27 bits per heavy atom. The van der Waals surface area contributed by atoms with Crippen LogP contribution >= 0.6 is 11.6 Å². The average Bonchev–Trinajstić information content (AvgIpc) is 2.64. The summed E-state index contributed by atoms with van der Waals surface area (Å²) in [7, 11) is 0. The molecule has 0 aliphatic carbocycles. The normalized spacial score (nSPS) is 10.4. The molecule has 2 aromatic heterocycles. The second-order valence-corrected chi connectivity index (χ2v) is 5.95. The fourth-order valence-corrected chi connectivity index (χ4v) is 2.28. The van der Waals surface area contributed by atoms with Gasteiger partial charge in [-0.25, -0.2) is 4.98 Å². The molecular formula is C19H15ClN2O4. The van der Waals surface area contributed by atoms with E-state index < -0.39 is 11.3 Å². The fraction of sp³-hybridized carbons (Fsp3) is 0.105. The number of anilines is 1. The molecule has 0 saturated heterocycles. The minimum absolute atomic E-state index is 0.0190. The molecule has 2 heterocycles. The van der Waals surface area contributed by atoms with Gasteiger partial charge in [-0.15, -0.1) is 0 Å². The number of nitrogens with one attached hydrogen (secondary N) is 1. The van der Waals surface area contributed by atoms with E-state index in [9.17, 15) is 9.59 Å². The van der Waals surface area contributed by atoms with E-state index in [0.717, 1.165) is 23.5 Å². The van der Waals surface area contributed by atoms with Crippen LogP contribution in [0.3, 0.4) is 0 Å². The Kier molecular flexibility index (Phi) is 5.34. The average molecular weight is 371 g/mol. The summed E-state index contributed by atoms with van der Waals surface area (Å²) >= 11 is 5.82. The SMILES string of the molecule is Cc1cccnc1NC(=O)c1cc(=O)c(OCc2ccc(Cl)cc2)co1. The summed E-state index contributed by atoms with van der Waals surface area (Å²) in [6, 6.07) is 11.7. The zero-order valence-corrected chi connectivity index (χ0v) is 14.6. The molecule has 0 unspecified atom stereocenters. The van der Waals surface area contributed by atoms with Crippen LogP contribution in [0.4, 0.5) is 5.82 Å². The number of carbonyl (C=O) groups is 1. The minimum atomic E-state index is -0.562. The van der Waals surface area contributed by atoms with Crippen molar-refractivity contribution in [3.05, 3.63) is 87.1 Å². The van der Waals surface area contributed by atoms with E-state index in [4.69, 9.17) is 20.8 Å². The summed E-state index contributed by atoms with van der Waals surface area (Å²) in [5, 5.41) is 3.22. The Hall–Kier alpha value is -3.12. The zero-order valence-electron chi connectivity index (χ0n) is 13.9. The van der Waals surface area contributed by atoms with Crippen LogP contribution in [0.25, 0.3) is 0 Å². The van der Waals surface area contributed by atoms with Gasteiger partial charge in [-0.1, -0.05) is 29.8 Å². The van der Waals surface area contributed by atoms with Crippen molar-refractivity contribution in [1.82, 2.24) is 4.98 Å². The maximum Gasteiger partial charge on any atom is 0.292 e. The Bertz CT molecular complexity index is 983.